The number of nitrogens with two attached hydrogens (primary N) is 1. The fourth-order valence-corrected chi connectivity index (χ4v) is 2.42. The van der Waals surface area contributed by atoms with E-state index in [1.54, 1.807) is 0 Å². The second-order valence-corrected chi connectivity index (χ2v) is 5.39. The molecule has 108 valence electrons. The monoisotopic (exact) mass is 272 g/mol. The van der Waals surface area contributed by atoms with Gasteiger partial charge in [0.1, 0.15) is 0 Å². The Morgan fingerprint density at radius 1 is 1.05 bits per heavy atom. The number of anilines is 2. The molecular weight excluding hydrogens is 248 g/mol. The average molecular weight is 272 g/mol. The second-order valence-electron chi connectivity index (χ2n) is 5.39. The molecule has 1 aromatic carbocycles. The first-order valence-electron chi connectivity index (χ1n) is 7.15. The highest BCUT2D eigenvalue weighted by molar-refractivity contribution is 6.00. The predicted molar refractivity (Wildman–Crippen MR) is 87.2 cm³/mol. The van der Waals surface area contributed by atoms with Crippen molar-refractivity contribution in [2.75, 3.05) is 44.4 Å². The first-order valence-corrected chi connectivity index (χ1v) is 7.15. The number of hydrogen-bond acceptors (Lipinski definition) is 4. The van der Waals surface area contributed by atoms with Crippen LogP contribution in [0.5, 0.6) is 0 Å². The van der Waals surface area contributed by atoms with Crippen molar-refractivity contribution in [1.82, 2.24) is 9.88 Å². The van der Waals surface area contributed by atoms with Crippen molar-refractivity contribution in [2.45, 2.75) is 13.3 Å². The normalized spacial score (nSPS) is 11.2. The van der Waals surface area contributed by atoms with Gasteiger partial charge in [0.25, 0.3) is 0 Å². The third kappa shape index (κ3) is 3.20. The molecule has 0 aliphatic rings. The quantitative estimate of drug-likeness (QED) is 0.821. The van der Waals surface area contributed by atoms with Crippen LogP contribution in [0, 0.1) is 0 Å². The predicted octanol–water partition coefficient (Wildman–Crippen LogP) is 2.60. The molecule has 20 heavy (non-hydrogen) atoms. The van der Waals surface area contributed by atoms with Crippen LogP contribution < -0.4 is 10.6 Å². The number of nitrogen functional groups attached to an aromatic ring is 1. The molecule has 0 fully saturated rings. The number of fused-ring (bicyclic) bond motifs is 1. The average Bonchev–Trinajstić information content (AvgIpc) is 2.44. The van der Waals surface area contributed by atoms with Gasteiger partial charge in [0.15, 0.2) is 0 Å². The van der Waals surface area contributed by atoms with Gasteiger partial charge in [-0.15, -0.1) is 0 Å². The van der Waals surface area contributed by atoms with Gasteiger partial charge in [-0.25, -0.2) is 0 Å². The summed E-state index contributed by atoms with van der Waals surface area (Å²) in [5.41, 5.74) is 8.10. The van der Waals surface area contributed by atoms with E-state index in [9.17, 15) is 0 Å². The van der Waals surface area contributed by atoms with E-state index in [0.717, 1.165) is 37.1 Å². The Kier molecular flexibility index (Phi) is 4.79. The van der Waals surface area contributed by atoms with E-state index < -0.39 is 0 Å². The van der Waals surface area contributed by atoms with Crippen LogP contribution in [0.15, 0.2) is 30.6 Å². The molecular formula is C16H24N4. The van der Waals surface area contributed by atoms with Crippen molar-refractivity contribution >= 4 is 22.1 Å². The molecule has 0 aliphatic heterocycles. The van der Waals surface area contributed by atoms with Crippen molar-refractivity contribution in [3.63, 3.8) is 0 Å². The van der Waals surface area contributed by atoms with Crippen LogP contribution in [0.3, 0.4) is 0 Å². The topological polar surface area (TPSA) is 45.4 Å². The van der Waals surface area contributed by atoms with Crippen LogP contribution in [0.2, 0.25) is 0 Å². The zero-order valence-corrected chi connectivity index (χ0v) is 12.6. The Morgan fingerprint density at radius 3 is 2.55 bits per heavy atom. The maximum absolute atomic E-state index is 6.05. The highest BCUT2D eigenvalue weighted by Crippen LogP contribution is 2.30. The first-order chi connectivity index (χ1) is 9.63. The van der Waals surface area contributed by atoms with Crippen molar-refractivity contribution in [2.24, 2.45) is 0 Å². The van der Waals surface area contributed by atoms with Crippen LogP contribution >= 0.6 is 0 Å². The van der Waals surface area contributed by atoms with E-state index in [2.05, 4.69) is 47.9 Å². The summed E-state index contributed by atoms with van der Waals surface area (Å²) < 4.78 is 0. The van der Waals surface area contributed by atoms with E-state index in [4.69, 9.17) is 5.73 Å². The smallest absolute Gasteiger partial charge is 0.0449 e. The van der Waals surface area contributed by atoms with Crippen molar-refractivity contribution < 1.29 is 0 Å². The van der Waals surface area contributed by atoms with Gasteiger partial charge in [-0.05, 0) is 38.7 Å². The zero-order chi connectivity index (χ0) is 14.5. The third-order valence-electron chi connectivity index (χ3n) is 3.48. The van der Waals surface area contributed by atoms with E-state index in [0.29, 0.717) is 0 Å². The number of nitrogens with zero attached hydrogens (tertiary/aromatic N) is 3. The van der Waals surface area contributed by atoms with Gasteiger partial charge in [0, 0.05) is 54.2 Å². The van der Waals surface area contributed by atoms with Crippen LogP contribution in [0.1, 0.15) is 13.3 Å². The minimum absolute atomic E-state index is 0.793. The fraction of sp³-hybridized carbons (Fsp3) is 0.438. The lowest BCUT2D eigenvalue weighted by Gasteiger charge is -2.27. The summed E-state index contributed by atoms with van der Waals surface area (Å²) in [6, 6.07) is 6.17. The lowest BCUT2D eigenvalue weighted by Crippen LogP contribution is -2.32. The van der Waals surface area contributed by atoms with Crippen LogP contribution in [-0.2, 0) is 0 Å². The van der Waals surface area contributed by atoms with Gasteiger partial charge < -0.3 is 15.5 Å². The van der Waals surface area contributed by atoms with Crippen molar-refractivity contribution in [3.05, 3.63) is 30.6 Å². The number of likely N-dealkylation sites (N-methyl/N-ethyl adjacent to an activating group) is 1. The number of aromatic nitrogens is 1. The summed E-state index contributed by atoms with van der Waals surface area (Å²) in [5, 5.41) is 2.23. The van der Waals surface area contributed by atoms with Gasteiger partial charge in [0.2, 0.25) is 0 Å². The lowest BCUT2D eigenvalue weighted by atomic mass is 10.1. The van der Waals surface area contributed by atoms with Crippen LogP contribution in [-0.4, -0.2) is 43.6 Å². The van der Waals surface area contributed by atoms with Gasteiger partial charge in [-0.1, -0.05) is 6.92 Å². The van der Waals surface area contributed by atoms with Gasteiger partial charge >= 0.3 is 0 Å². The SMILES string of the molecule is CCCN(CCN(C)C)c1ccc(N)c2cnccc12. The summed E-state index contributed by atoms with van der Waals surface area (Å²) in [6.45, 7) is 5.32. The Balaban J connectivity index is 2.40. The molecule has 0 amide bonds. The molecule has 1 aromatic heterocycles. The van der Waals surface area contributed by atoms with Gasteiger partial charge in [-0.2, -0.15) is 0 Å². The molecule has 2 aromatic rings. The van der Waals surface area contributed by atoms with Gasteiger partial charge in [-0.3, -0.25) is 4.98 Å². The Hall–Kier alpha value is -1.81. The minimum Gasteiger partial charge on any atom is -0.398 e. The molecule has 0 spiro atoms. The fourth-order valence-electron chi connectivity index (χ4n) is 2.42. The molecule has 0 unspecified atom stereocenters. The van der Waals surface area contributed by atoms with E-state index in [1.165, 1.54) is 11.1 Å². The number of rotatable bonds is 6. The molecule has 0 atom stereocenters. The summed E-state index contributed by atoms with van der Waals surface area (Å²) >= 11 is 0. The highest BCUT2D eigenvalue weighted by Gasteiger charge is 2.11. The highest BCUT2D eigenvalue weighted by atomic mass is 15.2. The number of pyridine rings is 1. The third-order valence-corrected chi connectivity index (χ3v) is 3.48. The largest absolute Gasteiger partial charge is 0.398 e. The Morgan fingerprint density at radius 2 is 1.85 bits per heavy atom. The molecule has 4 nitrogen and oxygen atoms in total. The number of hydrogen-bond donors (Lipinski definition) is 1. The van der Waals surface area contributed by atoms with E-state index in [-0.39, 0.29) is 0 Å². The maximum Gasteiger partial charge on any atom is 0.0449 e. The summed E-state index contributed by atoms with van der Waals surface area (Å²) in [4.78, 5) is 8.83. The molecule has 0 saturated heterocycles. The standard InChI is InChI=1S/C16H24N4/c1-4-9-20(11-10-19(2)3)16-6-5-15(17)14-12-18-8-7-13(14)16/h5-8,12H,4,9-11,17H2,1-3H3. The molecule has 2 rings (SSSR count). The maximum atomic E-state index is 6.05. The van der Waals surface area contributed by atoms with Crippen molar-refractivity contribution in [3.8, 4) is 0 Å². The molecule has 0 radical (unpaired) electrons. The Labute approximate surface area is 121 Å². The summed E-state index contributed by atoms with van der Waals surface area (Å²) in [5.74, 6) is 0. The van der Waals surface area contributed by atoms with Crippen LogP contribution in [0.4, 0.5) is 11.4 Å². The van der Waals surface area contributed by atoms with Gasteiger partial charge in [0.05, 0.1) is 0 Å². The summed E-state index contributed by atoms with van der Waals surface area (Å²) in [6.07, 6.45) is 4.82. The van der Waals surface area contributed by atoms with Crippen molar-refractivity contribution in [1.29, 1.82) is 0 Å². The zero-order valence-electron chi connectivity index (χ0n) is 12.6. The molecule has 2 N–H and O–H groups in total. The molecule has 4 heteroatoms. The minimum atomic E-state index is 0.793. The lowest BCUT2D eigenvalue weighted by molar-refractivity contribution is 0.413. The molecule has 0 aliphatic carbocycles. The van der Waals surface area contributed by atoms with E-state index >= 15 is 0 Å². The molecule has 1 heterocycles. The van der Waals surface area contributed by atoms with E-state index in [1.807, 2.05) is 18.5 Å². The number of benzene rings is 1. The second kappa shape index (κ2) is 6.57. The molecule has 0 bridgehead atoms. The first kappa shape index (κ1) is 14.6. The molecule has 0 saturated carbocycles. The summed E-state index contributed by atoms with van der Waals surface area (Å²) in [7, 11) is 4.21. The van der Waals surface area contributed by atoms with Crippen LogP contribution in [0.25, 0.3) is 10.8 Å². The Bertz CT molecular complexity index is 565.